The van der Waals surface area contributed by atoms with E-state index in [1.54, 1.807) is 13.8 Å². The topological polar surface area (TPSA) is 46.5 Å². The summed E-state index contributed by atoms with van der Waals surface area (Å²) in [5, 5.41) is 0. The Morgan fingerprint density at radius 2 is 1.50 bits per heavy atom. The van der Waals surface area contributed by atoms with E-state index in [0.717, 1.165) is 16.7 Å². The second kappa shape index (κ2) is 4.84. The molecule has 0 amide bonds. The van der Waals surface area contributed by atoms with E-state index in [-0.39, 0.29) is 5.41 Å². The number of rotatable bonds is 2. The Morgan fingerprint density at radius 1 is 1.06 bits per heavy atom. The van der Waals surface area contributed by atoms with Crippen LogP contribution in [0, 0.1) is 26.2 Å². The van der Waals surface area contributed by atoms with E-state index >= 15 is 0 Å². The van der Waals surface area contributed by atoms with Crippen LogP contribution in [-0.2, 0) is 10.0 Å². The van der Waals surface area contributed by atoms with E-state index < -0.39 is 10.0 Å². The van der Waals surface area contributed by atoms with E-state index in [0.29, 0.717) is 4.90 Å². The van der Waals surface area contributed by atoms with Crippen LogP contribution in [0.15, 0.2) is 21.4 Å². The van der Waals surface area contributed by atoms with Gasteiger partial charge in [0.25, 0.3) is 10.0 Å². The Morgan fingerprint density at radius 3 is 1.89 bits per heavy atom. The van der Waals surface area contributed by atoms with Gasteiger partial charge in [0, 0.05) is 6.21 Å². The number of hydrogen-bond donors (Lipinski definition) is 0. The first-order valence-corrected chi connectivity index (χ1v) is 7.36. The molecule has 100 valence electrons. The molecule has 0 aromatic heterocycles. The Hall–Kier alpha value is -1.16. The van der Waals surface area contributed by atoms with Crippen molar-refractivity contribution in [3.8, 4) is 0 Å². The van der Waals surface area contributed by atoms with Crippen molar-refractivity contribution < 1.29 is 8.42 Å². The van der Waals surface area contributed by atoms with Crippen molar-refractivity contribution in [3.63, 3.8) is 0 Å². The Balaban J connectivity index is 3.35. The summed E-state index contributed by atoms with van der Waals surface area (Å²) < 4.78 is 28.3. The normalized spacial score (nSPS) is 13.2. The van der Waals surface area contributed by atoms with Gasteiger partial charge in [-0.1, -0.05) is 38.5 Å². The molecule has 0 bridgehead atoms. The molecule has 0 atom stereocenters. The maximum Gasteiger partial charge on any atom is 0.282 e. The summed E-state index contributed by atoms with van der Waals surface area (Å²) in [5.74, 6) is 0. The number of benzene rings is 1. The Bertz CT molecular complexity index is 555. The van der Waals surface area contributed by atoms with Gasteiger partial charge in [-0.3, -0.25) is 0 Å². The fourth-order valence-corrected chi connectivity index (χ4v) is 3.35. The smallest absolute Gasteiger partial charge is 0.199 e. The van der Waals surface area contributed by atoms with Gasteiger partial charge in [-0.15, -0.1) is 0 Å². The highest BCUT2D eigenvalue weighted by Crippen LogP contribution is 2.24. The van der Waals surface area contributed by atoms with Crippen LogP contribution in [-0.4, -0.2) is 14.6 Å². The quantitative estimate of drug-likeness (QED) is 0.771. The number of sulfonamides is 1. The second-order valence-electron chi connectivity index (χ2n) is 5.80. The molecule has 0 aliphatic carbocycles. The predicted octanol–water partition coefficient (Wildman–Crippen LogP) is 3.42. The molecule has 0 aliphatic heterocycles. The van der Waals surface area contributed by atoms with Crippen LogP contribution in [0.2, 0.25) is 0 Å². The lowest BCUT2D eigenvalue weighted by molar-refractivity contribution is 0.589. The first-order valence-electron chi connectivity index (χ1n) is 5.92. The van der Waals surface area contributed by atoms with Gasteiger partial charge in [0.2, 0.25) is 0 Å². The van der Waals surface area contributed by atoms with Crippen molar-refractivity contribution in [1.29, 1.82) is 0 Å². The Kier molecular flexibility index (Phi) is 4.01. The maximum atomic E-state index is 12.2. The summed E-state index contributed by atoms with van der Waals surface area (Å²) in [6.45, 7) is 11.3. The van der Waals surface area contributed by atoms with E-state index in [1.165, 1.54) is 6.21 Å². The van der Waals surface area contributed by atoms with Gasteiger partial charge in [-0.05, 0) is 37.3 Å². The molecule has 0 fully saturated rings. The van der Waals surface area contributed by atoms with Gasteiger partial charge in [0.15, 0.2) is 0 Å². The van der Waals surface area contributed by atoms with Crippen molar-refractivity contribution in [2.75, 3.05) is 0 Å². The van der Waals surface area contributed by atoms with Gasteiger partial charge in [-0.2, -0.15) is 12.8 Å². The van der Waals surface area contributed by atoms with Gasteiger partial charge in [0.1, 0.15) is 0 Å². The highest BCUT2D eigenvalue weighted by atomic mass is 32.2. The minimum absolute atomic E-state index is 0.250. The average molecular weight is 267 g/mol. The molecule has 1 rings (SSSR count). The van der Waals surface area contributed by atoms with E-state index in [9.17, 15) is 8.42 Å². The van der Waals surface area contributed by atoms with Gasteiger partial charge in [0.05, 0.1) is 4.90 Å². The molecule has 0 aliphatic rings. The molecule has 0 saturated heterocycles. The average Bonchev–Trinajstić information content (AvgIpc) is 2.11. The molecule has 4 heteroatoms. The molecule has 18 heavy (non-hydrogen) atoms. The molecular formula is C14H21NO2S. The van der Waals surface area contributed by atoms with Crippen LogP contribution in [0.1, 0.15) is 37.5 Å². The SMILES string of the molecule is Cc1cc(C)c(S(=O)(=O)/N=C/C(C)(C)C)c(C)c1. The third kappa shape index (κ3) is 3.67. The molecule has 0 spiro atoms. The number of nitrogens with zero attached hydrogens (tertiary/aromatic N) is 1. The lowest BCUT2D eigenvalue weighted by Gasteiger charge is -2.12. The molecule has 0 heterocycles. The molecular weight excluding hydrogens is 246 g/mol. The number of aryl methyl sites for hydroxylation is 3. The van der Waals surface area contributed by atoms with Crippen molar-refractivity contribution in [3.05, 3.63) is 28.8 Å². The fraction of sp³-hybridized carbons (Fsp3) is 0.500. The summed E-state index contributed by atoms with van der Waals surface area (Å²) in [6, 6.07) is 3.74. The third-order valence-corrected chi connectivity index (χ3v) is 3.98. The van der Waals surface area contributed by atoms with Crippen LogP contribution < -0.4 is 0 Å². The Labute approximate surface area is 110 Å². The zero-order valence-corrected chi connectivity index (χ0v) is 12.7. The first-order chi connectivity index (χ1) is 8.03. The van der Waals surface area contributed by atoms with Crippen molar-refractivity contribution in [1.82, 2.24) is 0 Å². The van der Waals surface area contributed by atoms with Crippen LogP contribution >= 0.6 is 0 Å². The standard InChI is InChI=1S/C14H21NO2S/c1-10-7-11(2)13(12(3)8-10)18(16,17)15-9-14(4,5)6/h7-9H,1-6H3/b15-9+. The van der Waals surface area contributed by atoms with Crippen molar-refractivity contribution in [2.45, 2.75) is 46.4 Å². The van der Waals surface area contributed by atoms with Crippen LogP contribution in [0.4, 0.5) is 0 Å². The molecule has 0 N–H and O–H groups in total. The van der Waals surface area contributed by atoms with E-state index in [2.05, 4.69) is 4.40 Å². The largest absolute Gasteiger partial charge is 0.282 e. The molecule has 1 aromatic rings. The van der Waals surface area contributed by atoms with Gasteiger partial charge in [-0.25, -0.2) is 0 Å². The summed E-state index contributed by atoms with van der Waals surface area (Å²) in [4.78, 5) is 0.327. The molecule has 3 nitrogen and oxygen atoms in total. The molecule has 0 unspecified atom stereocenters. The fourth-order valence-electron chi connectivity index (χ4n) is 1.85. The lowest BCUT2D eigenvalue weighted by Crippen LogP contribution is -2.10. The van der Waals surface area contributed by atoms with Crippen molar-refractivity contribution in [2.24, 2.45) is 9.81 Å². The van der Waals surface area contributed by atoms with Crippen LogP contribution in [0.3, 0.4) is 0 Å². The predicted molar refractivity (Wildman–Crippen MR) is 75.8 cm³/mol. The third-order valence-electron chi connectivity index (χ3n) is 2.44. The highest BCUT2D eigenvalue weighted by Gasteiger charge is 2.19. The zero-order chi connectivity index (χ0) is 14.1. The summed E-state index contributed by atoms with van der Waals surface area (Å²) in [5.41, 5.74) is 2.31. The maximum absolute atomic E-state index is 12.2. The molecule has 0 saturated carbocycles. The summed E-state index contributed by atoms with van der Waals surface area (Å²) in [7, 11) is -3.60. The highest BCUT2D eigenvalue weighted by molar-refractivity contribution is 7.90. The zero-order valence-electron chi connectivity index (χ0n) is 11.9. The first kappa shape index (κ1) is 14.9. The molecule has 1 aromatic carbocycles. The second-order valence-corrected chi connectivity index (χ2v) is 7.37. The summed E-state index contributed by atoms with van der Waals surface area (Å²) in [6.07, 6.45) is 1.49. The molecule has 0 radical (unpaired) electrons. The minimum atomic E-state index is -3.60. The van der Waals surface area contributed by atoms with E-state index in [4.69, 9.17) is 0 Å². The van der Waals surface area contributed by atoms with Crippen LogP contribution in [0.5, 0.6) is 0 Å². The van der Waals surface area contributed by atoms with Crippen molar-refractivity contribution >= 4 is 16.2 Å². The lowest BCUT2D eigenvalue weighted by atomic mass is 10.00. The number of hydrogen-bond acceptors (Lipinski definition) is 2. The van der Waals surface area contributed by atoms with E-state index in [1.807, 2.05) is 39.8 Å². The monoisotopic (exact) mass is 267 g/mol. The minimum Gasteiger partial charge on any atom is -0.199 e. The van der Waals surface area contributed by atoms with Gasteiger partial charge >= 0.3 is 0 Å². The van der Waals surface area contributed by atoms with Gasteiger partial charge < -0.3 is 0 Å². The van der Waals surface area contributed by atoms with Crippen LogP contribution in [0.25, 0.3) is 0 Å². The summed E-state index contributed by atoms with van der Waals surface area (Å²) >= 11 is 0.